The third-order valence-corrected chi connectivity index (χ3v) is 20.5. The molecule has 11 heteroatoms. The molecular formula is C78H109I2N9. The lowest BCUT2D eigenvalue weighted by Gasteiger charge is -2.34. The Balaban J connectivity index is 0.000000152. The minimum Gasteiger partial charge on any atom is -0.399 e. The molecular weight excluding hydrogens is 1320 g/mol. The number of hydrogen-bond acceptors (Lipinski definition) is 8. The van der Waals surface area contributed by atoms with Crippen molar-refractivity contribution < 1.29 is 0 Å². The summed E-state index contributed by atoms with van der Waals surface area (Å²) in [5.41, 5.74) is 39.0. The number of para-hydroxylation sites is 6. The van der Waals surface area contributed by atoms with Crippen molar-refractivity contribution >= 4 is 85.9 Å². The fourth-order valence-electron chi connectivity index (χ4n) is 14.3. The first kappa shape index (κ1) is 71.1. The number of halogens is 2. The molecule has 0 radical (unpaired) electrons. The number of alkyl halides is 1. The highest BCUT2D eigenvalue weighted by molar-refractivity contribution is 14.1. The van der Waals surface area contributed by atoms with Crippen LogP contribution < -0.4 is 43.8 Å². The number of benzene rings is 6. The molecule has 3 heterocycles. The SMILES string of the molecule is CCN.CCNC1CCCC2c3cccc(C)c3NC12.CCNC1CCCc2c1[nH]c1c(C)cccc21.Cc1cccc(C2C=CCCC2)c1N.Cc1cccc2c1NC1C(I)CCCC21.Cc1ccccc1N.Cc1ccccc1NC1C=CCCC1.I. The zero-order valence-electron chi connectivity index (χ0n) is 55.3. The summed E-state index contributed by atoms with van der Waals surface area (Å²) in [7, 11) is 0. The van der Waals surface area contributed by atoms with E-state index in [9.17, 15) is 0 Å². The third kappa shape index (κ3) is 18.9. The maximum Gasteiger partial charge on any atom is 0.0489 e. The number of aromatic amines is 1. The lowest BCUT2D eigenvalue weighted by Crippen LogP contribution is -2.47. The Labute approximate surface area is 567 Å². The van der Waals surface area contributed by atoms with Gasteiger partial charge in [0.25, 0.3) is 0 Å². The number of likely N-dealkylation sites (N-methyl/N-ethyl adjacent to an activating group) is 1. The van der Waals surface area contributed by atoms with Gasteiger partial charge in [-0.1, -0.05) is 190 Å². The first-order valence-electron chi connectivity index (χ1n) is 33.7. The molecule has 5 aliphatic carbocycles. The Morgan fingerprint density at radius 1 is 0.528 bits per heavy atom. The maximum atomic E-state index is 6.08. The second-order valence-corrected chi connectivity index (χ2v) is 27.0. The molecule has 6 aromatic carbocycles. The van der Waals surface area contributed by atoms with Gasteiger partial charge in [-0.3, -0.25) is 0 Å². The number of rotatable bonds is 7. The number of nitrogens with one attached hydrogen (secondary N) is 6. The van der Waals surface area contributed by atoms with Gasteiger partial charge in [0, 0.05) is 96.9 Å². The summed E-state index contributed by atoms with van der Waals surface area (Å²) >= 11 is 2.62. The predicted molar refractivity (Wildman–Crippen MR) is 407 cm³/mol. The van der Waals surface area contributed by atoms with E-state index in [0.717, 1.165) is 52.3 Å². The highest BCUT2D eigenvalue weighted by atomic mass is 127. The summed E-state index contributed by atoms with van der Waals surface area (Å²) in [5, 5.41) is 19.8. The lowest BCUT2D eigenvalue weighted by molar-refractivity contribution is 0.325. The summed E-state index contributed by atoms with van der Waals surface area (Å²) < 4.78 is 0.799. The molecule has 7 aliphatic rings. The highest BCUT2D eigenvalue weighted by Gasteiger charge is 2.41. The van der Waals surface area contributed by atoms with E-state index >= 15 is 0 Å². The molecule has 12 N–H and O–H groups in total. The number of fused-ring (bicyclic) bond motifs is 9. The molecule has 7 aromatic rings. The molecule has 14 rings (SSSR count). The van der Waals surface area contributed by atoms with Crippen LogP contribution in [0.4, 0.5) is 28.4 Å². The summed E-state index contributed by atoms with van der Waals surface area (Å²) in [6, 6.07) is 45.7. The van der Waals surface area contributed by atoms with Crippen molar-refractivity contribution in [3.63, 3.8) is 0 Å². The number of allylic oxidation sites excluding steroid dienone is 3. The average Bonchev–Trinajstić information content (AvgIpc) is 1.92. The second-order valence-electron chi connectivity index (χ2n) is 25.4. The fourth-order valence-corrected chi connectivity index (χ4v) is 15.4. The molecule has 480 valence electrons. The minimum atomic E-state index is 0. The van der Waals surface area contributed by atoms with Crippen molar-refractivity contribution in [1.29, 1.82) is 0 Å². The van der Waals surface area contributed by atoms with E-state index in [1.165, 1.54) is 163 Å². The van der Waals surface area contributed by atoms with Crippen LogP contribution in [-0.2, 0) is 6.42 Å². The van der Waals surface area contributed by atoms with E-state index in [-0.39, 0.29) is 24.0 Å². The van der Waals surface area contributed by atoms with Crippen LogP contribution in [0.15, 0.2) is 146 Å². The van der Waals surface area contributed by atoms with Gasteiger partial charge in [-0.15, -0.1) is 24.0 Å². The predicted octanol–water partition coefficient (Wildman–Crippen LogP) is 19.4. The largest absolute Gasteiger partial charge is 0.399 e. The van der Waals surface area contributed by atoms with Gasteiger partial charge in [-0.05, 0) is 212 Å². The first-order chi connectivity index (χ1) is 42.8. The molecule has 89 heavy (non-hydrogen) atoms. The van der Waals surface area contributed by atoms with Gasteiger partial charge in [0.05, 0.1) is 0 Å². The van der Waals surface area contributed by atoms with Crippen LogP contribution >= 0.6 is 46.6 Å². The summed E-state index contributed by atoms with van der Waals surface area (Å²) in [6.45, 7) is 22.0. The molecule has 0 bridgehead atoms. The van der Waals surface area contributed by atoms with E-state index in [0.29, 0.717) is 36.1 Å². The minimum absolute atomic E-state index is 0. The van der Waals surface area contributed by atoms with Gasteiger partial charge in [0.2, 0.25) is 0 Å². The van der Waals surface area contributed by atoms with Crippen molar-refractivity contribution in [3.8, 4) is 0 Å². The number of H-pyrrole nitrogens is 1. The molecule has 0 spiro atoms. The molecule has 9 atom stereocenters. The van der Waals surface area contributed by atoms with Crippen LogP contribution in [0.3, 0.4) is 0 Å². The summed E-state index contributed by atoms with van der Waals surface area (Å²) in [6.07, 6.45) is 28.6. The molecule has 9 unspecified atom stereocenters. The Bertz CT molecular complexity index is 3320. The molecule has 2 aliphatic heterocycles. The maximum absolute atomic E-state index is 6.08. The van der Waals surface area contributed by atoms with Gasteiger partial charge < -0.3 is 48.8 Å². The molecule has 1 aromatic heterocycles. The number of hydrogen-bond donors (Lipinski definition) is 9. The van der Waals surface area contributed by atoms with E-state index in [4.69, 9.17) is 17.2 Å². The van der Waals surface area contributed by atoms with Gasteiger partial charge in [-0.2, -0.15) is 0 Å². The Morgan fingerprint density at radius 3 is 1.70 bits per heavy atom. The van der Waals surface area contributed by atoms with Crippen LogP contribution in [-0.4, -0.2) is 52.7 Å². The van der Waals surface area contributed by atoms with Gasteiger partial charge in [0.1, 0.15) is 0 Å². The number of nitrogen functional groups attached to an aromatic ring is 2. The van der Waals surface area contributed by atoms with Crippen LogP contribution in [0, 0.1) is 41.5 Å². The number of anilines is 5. The standard InChI is InChI=1S/C15H22N2.C15H20N2.C13H16IN.2C13H17N.C7H9N.C2H7N.HI/c2*1-3-16-13-9-5-8-12-11-7-4-6-10(2)14(11)17-15(12)13;1-8-4-2-5-9-10-6-3-7-11(14)13(10)15-12(8)9;1-11-7-5-6-10-13(11)14-12-8-3-2-4-9-12;1-10-6-5-9-12(13(10)14)11-7-3-2-4-8-11;1-6-4-2-3-5-7(6)8;1-2-3;/h4,6-7,12-13,15-17H,3,5,8-9H2,1-2H3;4,6-7,13,16-17H,3,5,8-9H2,1-2H3;2,4-5,10-11,13,15H,3,6-7H2,1H3;3,5-8,10,12,14H,2,4,9H2,1H3;3,5-7,9,11H,2,4,8,14H2,1H3;2-5H,8H2,1H3;2-3H2,1H3;1H. The first-order valence-corrected chi connectivity index (χ1v) is 35.0. The highest BCUT2D eigenvalue weighted by Crippen LogP contribution is 2.48. The Hall–Kier alpha value is -5.32. The normalized spacial score (nSPS) is 22.8. The summed E-state index contributed by atoms with van der Waals surface area (Å²) in [5.74, 6) is 2.04. The quantitative estimate of drug-likeness (QED) is 0.0331. The smallest absolute Gasteiger partial charge is 0.0489 e. The van der Waals surface area contributed by atoms with Crippen molar-refractivity contribution in [1.82, 2.24) is 15.6 Å². The van der Waals surface area contributed by atoms with Gasteiger partial charge in [0.15, 0.2) is 0 Å². The van der Waals surface area contributed by atoms with E-state index in [2.05, 4.69) is 224 Å². The molecule has 9 nitrogen and oxygen atoms in total. The number of nitrogens with two attached hydrogens (primary N) is 3. The molecule has 0 saturated heterocycles. The Kier molecular flexibility index (Phi) is 28.8. The monoisotopic (exact) mass is 1430 g/mol. The van der Waals surface area contributed by atoms with Crippen molar-refractivity contribution in [2.24, 2.45) is 5.73 Å². The fraction of sp³-hybridized carbons (Fsp3) is 0.462. The average molecular weight is 1430 g/mol. The van der Waals surface area contributed by atoms with Crippen LogP contribution in [0.2, 0.25) is 0 Å². The van der Waals surface area contributed by atoms with Crippen molar-refractivity contribution in [2.45, 2.75) is 211 Å². The summed E-state index contributed by atoms with van der Waals surface area (Å²) in [4.78, 5) is 3.66. The van der Waals surface area contributed by atoms with E-state index < -0.39 is 0 Å². The van der Waals surface area contributed by atoms with Gasteiger partial charge >= 0.3 is 0 Å². The molecule has 0 amide bonds. The zero-order chi connectivity index (χ0) is 62.5. The van der Waals surface area contributed by atoms with Crippen LogP contribution in [0.25, 0.3) is 10.9 Å². The molecule has 2 fully saturated rings. The van der Waals surface area contributed by atoms with Gasteiger partial charge in [-0.25, -0.2) is 0 Å². The zero-order valence-corrected chi connectivity index (χ0v) is 59.8. The number of aromatic nitrogens is 1. The van der Waals surface area contributed by atoms with Crippen molar-refractivity contribution in [2.75, 3.05) is 47.1 Å². The van der Waals surface area contributed by atoms with E-state index in [1.54, 1.807) is 16.7 Å². The number of aryl methyl sites for hydroxylation is 7. The Morgan fingerprint density at radius 2 is 1.09 bits per heavy atom. The van der Waals surface area contributed by atoms with E-state index in [1.807, 2.05) is 38.1 Å². The lowest BCUT2D eigenvalue weighted by atomic mass is 9.79. The van der Waals surface area contributed by atoms with Crippen LogP contribution in [0.5, 0.6) is 0 Å². The molecule has 2 saturated carbocycles. The third-order valence-electron chi connectivity index (χ3n) is 19.1. The van der Waals surface area contributed by atoms with Crippen molar-refractivity contribution in [3.05, 3.63) is 207 Å². The topological polar surface area (TPSA) is 154 Å². The van der Waals surface area contributed by atoms with Crippen LogP contribution in [0.1, 0.15) is 196 Å². The second kappa shape index (κ2) is 36.1.